The van der Waals surface area contributed by atoms with Crippen LogP contribution in [-0.4, -0.2) is 69.7 Å². The molecule has 132 valence electrons. The van der Waals surface area contributed by atoms with Gasteiger partial charge in [-0.1, -0.05) is 11.6 Å². The number of hydrogen-bond donors (Lipinski definition) is 1. The Morgan fingerprint density at radius 1 is 1.48 bits per heavy atom. The Morgan fingerprint density at radius 2 is 2.17 bits per heavy atom. The van der Waals surface area contributed by atoms with Crippen molar-refractivity contribution < 1.29 is 13.2 Å². The number of halogens is 1. The van der Waals surface area contributed by atoms with Crippen LogP contribution in [0.3, 0.4) is 0 Å². The standard InChI is InChI=1S/C14H25ClN4O3S/c1-16-14(17-5-6-22-7-8-23(4,20)21)19(3)11-13-9-12(15)10-18(13)2/h9-10H,5-8,11H2,1-4H3,(H,16,17). The van der Waals surface area contributed by atoms with E-state index in [4.69, 9.17) is 16.3 Å². The van der Waals surface area contributed by atoms with Gasteiger partial charge in [0, 0.05) is 45.8 Å². The molecule has 0 saturated heterocycles. The summed E-state index contributed by atoms with van der Waals surface area (Å²) < 4.78 is 29.2. The summed E-state index contributed by atoms with van der Waals surface area (Å²) in [5, 5.41) is 3.88. The van der Waals surface area contributed by atoms with Crippen LogP contribution in [0.15, 0.2) is 17.3 Å². The number of hydrogen-bond acceptors (Lipinski definition) is 4. The molecular weight excluding hydrogens is 340 g/mol. The number of sulfone groups is 1. The summed E-state index contributed by atoms with van der Waals surface area (Å²) in [7, 11) is 2.61. The fourth-order valence-corrected chi connectivity index (χ4v) is 2.67. The van der Waals surface area contributed by atoms with E-state index in [0.717, 1.165) is 11.7 Å². The van der Waals surface area contributed by atoms with Gasteiger partial charge in [0.2, 0.25) is 0 Å². The molecule has 1 rings (SSSR count). The van der Waals surface area contributed by atoms with Gasteiger partial charge in [0.1, 0.15) is 9.84 Å². The van der Waals surface area contributed by atoms with Crippen molar-refractivity contribution in [3.8, 4) is 0 Å². The van der Waals surface area contributed by atoms with Crippen LogP contribution in [0, 0.1) is 0 Å². The molecule has 0 aliphatic heterocycles. The lowest BCUT2D eigenvalue weighted by Crippen LogP contribution is -2.40. The molecule has 0 saturated carbocycles. The topological polar surface area (TPSA) is 75.9 Å². The van der Waals surface area contributed by atoms with Gasteiger partial charge in [-0.15, -0.1) is 0 Å². The van der Waals surface area contributed by atoms with Crippen LogP contribution in [0.5, 0.6) is 0 Å². The van der Waals surface area contributed by atoms with E-state index < -0.39 is 9.84 Å². The number of ether oxygens (including phenoxy) is 1. The second-order valence-corrected chi connectivity index (χ2v) is 8.03. The normalized spacial score (nSPS) is 12.5. The van der Waals surface area contributed by atoms with Crippen molar-refractivity contribution in [1.82, 2.24) is 14.8 Å². The number of nitrogens with zero attached hydrogens (tertiary/aromatic N) is 3. The van der Waals surface area contributed by atoms with Crippen LogP contribution in [0.4, 0.5) is 0 Å². The third-order valence-corrected chi connectivity index (χ3v) is 4.29. The quantitative estimate of drug-likeness (QED) is 0.418. The van der Waals surface area contributed by atoms with Crippen molar-refractivity contribution in [2.45, 2.75) is 6.54 Å². The van der Waals surface area contributed by atoms with E-state index in [1.807, 2.05) is 35.8 Å². The molecular formula is C14H25ClN4O3S. The smallest absolute Gasteiger partial charge is 0.193 e. The van der Waals surface area contributed by atoms with E-state index in [1.165, 1.54) is 6.26 Å². The predicted octanol–water partition coefficient (Wildman–Crippen LogP) is 0.747. The third-order valence-electron chi connectivity index (χ3n) is 3.18. The van der Waals surface area contributed by atoms with Gasteiger partial charge in [-0.2, -0.15) is 0 Å². The van der Waals surface area contributed by atoms with Gasteiger partial charge in [-0.25, -0.2) is 8.42 Å². The lowest BCUT2D eigenvalue weighted by atomic mass is 10.4. The zero-order valence-corrected chi connectivity index (χ0v) is 15.6. The van der Waals surface area contributed by atoms with Gasteiger partial charge in [0.05, 0.1) is 30.5 Å². The Bertz CT molecular complexity index is 628. The van der Waals surface area contributed by atoms with Gasteiger partial charge < -0.3 is 19.5 Å². The van der Waals surface area contributed by atoms with Gasteiger partial charge >= 0.3 is 0 Å². The molecule has 23 heavy (non-hydrogen) atoms. The minimum atomic E-state index is -2.97. The molecule has 0 aliphatic rings. The summed E-state index contributed by atoms with van der Waals surface area (Å²) in [4.78, 5) is 6.19. The molecule has 7 nitrogen and oxygen atoms in total. The second-order valence-electron chi connectivity index (χ2n) is 5.33. The third kappa shape index (κ3) is 7.71. The van der Waals surface area contributed by atoms with E-state index >= 15 is 0 Å². The molecule has 1 N–H and O–H groups in total. The molecule has 0 atom stereocenters. The molecule has 1 aromatic heterocycles. The number of aromatic nitrogens is 1. The number of rotatable bonds is 8. The van der Waals surface area contributed by atoms with Crippen molar-refractivity contribution in [3.05, 3.63) is 23.0 Å². The average Bonchev–Trinajstić information content (AvgIpc) is 2.74. The number of guanidine groups is 1. The van der Waals surface area contributed by atoms with Crippen molar-refractivity contribution in [3.63, 3.8) is 0 Å². The van der Waals surface area contributed by atoms with E-state index in [1.54, 1.807) is 7.05 Å². The maximum Gasteiger partial charge on any atom is 0.193 e. The Balaban J connectivity index is 2.35. The van der Waals surface area contributed by atoms with Gasteiger partial charge in [0.15, 0.2) is 5.96 Å². The molecule has 0 spiro atoms. The summed E-state index contributed by atoms with van der Waals surface area (Å²) in [6.45, 7) is 1.83. The second kappa shape index (κ2) is 9.14. The SMILES string of the molecule is CN=C(NCCOCCS(C)(=O)=O)N(C)Cc1cc(Cl)cn1C. The Kier molecular flexibility index (Phi) is 7.87. The van der Waals surface area contributed by atoms with E-state index in [-0.39, 0.29) is 12.4 Å². The molecule has 0 amide bonds. The van der Waals surface area contributed by atoms with Crippen molar-refractivity contribution in [2.75, 3.05) is 45.9 Å². The highest BCUT2D eigenvalue weighted by atomic mass is 35.5. The number of aliphatic imine (C=N–C) groups is 1. The largest absolute Gasteiger partial charge is 0.379 e. The van der Waals surface area contributed by atoms with Crippen LogP contribution in [0.1, 0.15) is 5.69 Å². The summed E-state index contributed by atoms with van der Waals surface area (Å²) >= 11 is 5.98. The summed E-state index contributed by atoms with van der Waals surface area (Å²) in [6.07, 6.45) is 3.05. The first-order chi connectivity index (χ1) is 10.7. The van der Waals surface area contributed by atoms with Gasteiger partial charge in [0.25, 0.3) is 0 Å². The Labute approximate surface area is 143 Å². The average molecular weight is 365 g/mol. The Hall–Kier alpha value is -1.25. The zero-order chi connectivity index (χ0) is 17.5. The van der Waals surface area contributed by atoms with Crippen LogP contribution in [0.25, 0.3) is 0 Å². The van der Waals surface area contributed by atoms with Crippen molar-refractivity contribution >= 4 is 27.4 Å². The molecule has 1 heterocycles. The maximum absolute atomic E-state index is 11.0. The van der Waals surface area contributed by atoms with Gasteiger partial charge in [-0.3, -0.25) is 4.99 Å². The fourth-order valence-electron chi connectivity index (χ4n) is 1.97. The molecule has 0 aromatic carbocycles. The molecule has 0 bridgehead atoms. The minimum Gasteiger partial charge on any atom is -0.379 e. The first-order valence-electron chi connectivity index (χ1n) is 7.21. The molecule has 0 fully saturated rings. The van der Waals surface area contributed by atoms with E-state index in [9.17, 15) is 8.42 Å². The Morgan fingerprint density at radius 3 is 2.70 bits per heavy atom. The molecule has 0 aliphatic carbocycles. The lowest BCUT2D eigenvalue weighted by Gasteiger charge is -2.22. The van der Waals surface area contributed by atoms with Crippen molar-refractivity contribution in [2.24, 2.45) is 12.0 Å². The van der Waals surface area contributed by atoms with E-state index in [2.05, 4.69) is 10.3 Å². The molecule has 0 radical (unpaired) electrons. The highest BCUT2D eigenvalue weighted by molar-refractivity contribution is 7.90. The van der Waals surface area contributed by atoms with Crippen molar-refractivity contribution in [1.29, 1.82) is 0 Å². The fraction of sp³-hybridized carbons (Fsp3) is 0.643. The number of nitrogens with one attached hydrogen (secondary N) is 1. The van der Waals surface area contributed by atoms with Crippen LogP contribution in [0.2, 0.25) is 5.02 Å². The monoisotopic (exact) mass is 364 g/mol. The maximum atomic E-state index is 11.0. The first-order valence-corrected chi connectivity index (χ1v) is 9.65. The van der Waals surface area contributed by atoms with Gasteiger partial charge in [-0.05, 0) is 6.07 Å². The minimum absolute atomic E-state index is 0.0376. The summed E-state index contributed by atoms with van der Waals surface area (Å²) in [5.74, 6) is 0.768. The zero-order valence-electron chi connectivity index (χ0n) is 14.0. The molecule has 9 heteroatoms. The summed E-state index contributed by atoms with van der Waals surface area (Å²) in [6, 6.07) is 1.92. The number of aryl methyl sites for hydroxylation is 1. The highest BCUT2D eigenvalue weighted by Gasteiger charge is 2.09. The molecule has 0 unspecified atom stereocenters. The van der Waals surface area contributed by atoms with Crippen LogP contribution >= 0.6 is 11.6 Å². The highest BCUT2D eigenvalue weighted by Crippen LogP contribution is 2.14. The lowest BCUT2D eigenvalue weighted by molar-refractivity contribution is 0.153. The van der Waals surface area contributed by atoms with Crippen LogP contribution in [-0.2, 0) is 28.2 Å². The summed E-state index contributed by atoms with van der Waals surface area (Å²) in [5.41, 5.74) is 1.07. The predicted molar refractivity (Wildman–Crippen MR) is 93.8 cm³/mol. The van der Waals surface area contributed by atoms with E-state index in [0.29, 0.717) is 24.7 Å². The first kappa shape index (κ1) is 19.8. The molecule has 1 aromatic rings. The van der Waals surface area contributed by atoms with Crippen LogP contribution < -0.4 is 5.32 Å².